The fraction of sp³-hybridized carbons (Fsp3) is 0.562. The van der Waals surface area contributed by atoms with Crippen molar-refractivity contribution in [3.05, 3.63) is 30.3 Å². The Morgan fingerprint density at radius 2 is 2.00 bits per heavy atom. The minimum Gasteiger partial charge on any atom is -0.390 e. The van der Waals surface area contributed by atoms with Crippen LogP contribution in [0.2, 0.25) is 0 Å². The maximum atomic E-state index is 11.3. The van der Waals surface area contributed by atoms with Gasteiger partial charge in [-0.2, -0.15) is 0 Å². The van der Waals surface area contributed by atoms with Gasteiger partial charge in [0.25, 0.3) is 0 Å². The molecule has 1 aromatic carbocycles. The molecule has 0 bridgehead atoms. The van der Waals surface area contributed by atoms with E-state index in [0.717, 1.165) is 13.1 Å². The van der Waals surface area contributed by atoms with E-state index < -0.39 is 5.60 Å². The Labute approximate surface area is 131 Å². The van der Waals surface area contributed by atoms with Gasteiger partial charge < -0.3 is 15.3 Å². The van der Waals surface area contributed by atoms with Gasteiger partial charge in [0.2, 0.25) is 0 Å². The van der Waals surface area contributed by atoms with E-state index in [2.05, 4.69) is 27.8 Å². The average Bonchev–Trinajstić information content (AvgIpc) is 2.54. The Balaban J connectivity index is 1.71. The Morgan fingerprint density at radius 3 is 2.64 bits per heavy atom. The zero-order valence-electron chi connectivity index (χ0n) is 13.0. The van der Waals surface area contributed by atoms with Crippen LogP contribution in [0.5, 0.6) is 0 Å². The summed E-state index contributed by atoms with van der Waals surface area (Å²) in [6.07, 6.45) is 1.96. The number of anilines is 1. The molecular weight excluding hydrogens is 282 g/mol. The van der Waals surface area contributed by atoms with Crippen LogP contribution in [0.15, 0.2) is 30.3 Å². The second-order valence-corrected chi connectivity index (χ2v) is 5.59. The molecule has 0 saturated carbocycles. The molecule has 22 heavy (non-hydrogen) atoms. The van der Waals surface area contributed by atoms with Gasteiger partial charge in [-0.1, -0.05) is 18.2 Å². The first-order valence-electron chi connectivity index (χ1n) is 7.81. The van der Waals surface area contributed by atoms with Crippen LogP contribution in [0.4, 0.5) is 10.5 Å². The Kier molecular flexibility index (Phi) is 6.03. The second-order valence-electron chi connectivity index (χ2n) is 5.59. The number of carbonyl (C=O) groups excluding carboxylic acids is 1. The van der Waals surface area contributed by atoms with Gasteiger partial charge in [0.05, 0.1) is 12.2 Å². The summed E-state index contributed by atoms with van der Waals surface area (Å²) < 4.78 is 0. The van der Waals surface area contributed by atoms with Gasteiger partial charge in [-0.25, -0.2) is 10.3 Å². The van der Waals surface area contributed by atoms with Crippen LogP contribution >= 0.6 is 0 Å². The second kappa shape index (κ2) is 8.00. The molecule has 1 aromatic rings. The lowest BCUT2D eigenvalue weighted by molar-refractivity contribution is 0.00837. The monoisotopic (exact) mass is 307 g/mol. The summed E-state index contributed by atoms with van der Waals surface area (Å²) in [6.45, 7) is 4.30. The predicted molar refractivity (Wildman–Crippen MR) is 85.6 cm³/mol. The number of amides is 2. The third-order valence-electron chi connectivity index (χ3n) is 4.00. The largest absolute Gasteiger partial charge is 0.390 e. The number of aliphatic hydroxyl groups is 1. The molecule has 0 radical (unpaired) electrons. The highest BCUT2D eigenvalue weighted by molar-refractivity contribution is 5.72. The number of urea groups is 1. The molecule has 1 aliphatic heterocycles. The van der Waals surface area contributed by atoms with Crippen molar-refractivity contribution in [2.45, 2.75) is 31.8 Å². The number of hydrogen-bond donors (Lipinski definition) is 3. The number of rotatable bonds is 6. The molecule has 0 spiro atoms. The number of para-hydroxylation sites is 1. The molecule has 2 rings (SSSR count). The van der Waals surface area contributed by atoms with E-state index in [1.54, 1.807) is 6.92 Å². The summed E-state index contributed by atoms with van der Waals surface area (Å²) in [5.74, 6) is 0. The molecule has 6 heteroatoms. The first-order chi connectivity index (χ1) is 10.6. The number of nitrogens with one attached hydrogen (secondary N) is 2. The van der Waals surface area contributed by atoms with Gasteiger partial charge in [-0.3, -0.25) is 4.84 Å². The third kappa shape index (κ3) is 4.89. The van der Waals surface area contributed by atoms with E-state index in [-0.39, 0.29) is 6.03 Å². The first-order valence-corrected chi connectivity index (χ1v) is 7.81. The first kappa shape index (κ1) is 16.6. The van der Waals surface area contributed by atoms with E-state index in [4.69, 9.17) is 4.84 Å². The van der Waals surface area contributed by atoms with E-state index in [1.807, 2.05) is 18.2 Å². The summed E-state index contributed by atoms with van der Waals surface area (Å²) in [7, 11) is 0. The Hall–Kier alpha value is -1.79. The van der Waals surface area contributed by atoms with E-state index in [0.29, 0.717) is 32.4 Å². The topological polar surface area (TPSA) is 73.8 Å². The fourth-order valence-corrected chi connectivity index (χ4v) is 2.65. The Bertz CT molecular complexity index is 459. The van der Waals surface area contributed by atoms with Crippen LogP contribution in [0.3, 0.4) is 0 Å². The van der Waals surface area contributed by atoms with Crippen molar-refractivity contribution >= 4 is 11.7 Å². The highest BCUT2D eigenvalue weighted by Crippen LogP contribution is 2.28. The molecule has 1 heterocycles. The van der Waals surface area contributed by atoms with E-state index >= 15 is 0 Å². The average molecular weight is 307 g/mol. The van der Waals surface area contributed by atoms with Crippen LogP contribution < -0.4 is 15.7 Å². The van der Waals surface area contributed by atoms with Crippen LogP contribution in [-0.2, 0) is 4.84 Å². The standard InChI is InChI=1S/C16H25N3O3/c1-2-22-18-15(20)17-11-8-16(21)9-12-19(13-10-16)14-6-4-3-5-7-14/h3-7,21H,2,8-13H2,1H3,(H2,17,18,20). The zero-order chi connectivity index (χ0) is 15.8. The highest BCUT2D eigenvalue weighted by Gasteiger charge is 2.31. The van der Waals surface area contributed by atoms with Crippen LogP contribution in [-0.4, -0.2) is 43.0 Å². The molecule has 1 fully saturated rings. The number of hydrogen-bond acceptors (Lipinski definition) is 4. The number of hydroxylamine groups is 1. The van der Waals surface area contributed by atoms with Gasteiger partial charge in [0.1, 0.15) is 0 Å². The van der Waals surface area contributed by atoms with Crippen LogP contribution in [0.1, 0.15) is 26.2 Å². The van der Waals surface area contributed by atoms with Gasteiger partial charge in [-0.05, 0) is 38.3 Å². The summed E-state index contributed by atoms with van der Waals surface area (Å²) >= 11 is 0. The molecule has 0 aromatic heterocycles. The van der Waals surface area contributed by atoms with Gasteiger partial charge in [0.15, 0.2) is 0 Å². The number of piperidine rings is 1. The quantitative estimate of drug-likeness (QED) is 0.699. The number of nitrogens with zero attached hydrogens (tertiary/aromatic N) is 1. The highest BCUT2D eigenvalue weighted by atomic mass is 16.7. The van der Waals surface area contributed by atoms with E-state index in [1.165, 1.54) is 5.69 Å². The maximum absolute atomic E-state index is 11.3. The van der Waals surface area contributed by atoms with Crippen LogP contribution in [0, 0.1) is 0 Å². The minimum atomic E-state index is -0.704. The number of benzene rings is 1. The third-order valence-corrected chi connectivity index (χ3v) is 4.00. The molecule has 6 nitrogen and oxygen atoms in total. The molecule has 3 N–H and O–H groups in total. The van der Waals surface area contributed by atoms with Crippen LogP contribution in [0.25, 0.3) is 0 Å². The molecular formula is C16H25N3O3. The summed E-state index contributed by atoms with van der Waals surface area (Å²) in [6, 6.07) is 9.86. The molecule has 2 amide bonds. The van der Waals surface area contributed by atoms with Crippen molar-refractivity contribution in [2.75, 3.05) is 31.1 Å². The van der Waals surface area contributed by atoms with Crippen molar-refractivity contribution in [3.63, 3.8) is 0 Å². The van der Waals surface area contributed by atoms with Crippen molar-refractivity contribution < 1.29 is 14.7 Å². The predicted octanol–water partition coefficient (Wildman–Crippen LogP) is 1.66. The SMILES string of the molecule is CCONC(=O)NCCC1(O)CCN(c2ccccc2)CC1. The zero-order valence-corrected chi connectivity index (χ0v) is 13.0. The van der Waals surface area contributed by atoms with E-state index in [9.17, 15) is 9.90 Å². The lowest BCUT2D eigenvalue weighted by atomic mass is 9.88. The summed E-state index contributed by atoms with van der Waals surface area (Å²) in [5, 5.41) is 13.3. The minimum absolute atomic E-state index is 0.368. The molecule has 122 valence electrons. The molecule has 0 unspecified atom stereocenters. The van der Waals surface area contributed by atoms with Crippen molar-refractivity contribution in [1.82, 2.24) is 10.8 Å². The summed E-state index contributed by atoms with van der Waals surface area (Å²) in [4.78, 5) is 18.4. The van der Waals surface area contributed by atoms with Crippen molar-refractivity contribution in [2.24, 2.45) is 0 Å². The lowest BCUT2D eigenvalue weighted by Crippen LogP contribution is -2.47. The maximum Gasteiger partial charge on any atom is 0.338 e. The van der Waals surface area contributed by atoms with Gasteiger partial charge in [-0.15, -0.1) is 0 Å². The molecule has 0 aliphatic carbocycles. The normalized spacial score (nSPS) is 17.1. The molecule has 0 atom stereocenters. The molecule has 1 aliphatic rings. The molecule has 1 saturated heterocycles. The smallest absolute Gasteiger partial charge is 0.338 e. The van der Waals surface area contributed by atoms with Crippen molar-refractivity contribution in [1.29, 1.82) is 0 Å². The fourth-order valence-electron chi connectivity index (χ4n) is 2.65. The lowest BCUT2D eigenvalue weighted by Gasteiger charge is -2.39. The van der Waals surface area contributed by atoms with Gasteiger partial charge >= 0.3 is 6.03 Å². The number of carbonyl (C=O) groups is 1. The van der Waals surface area contributed by atoms with Crippen molar-refractivity contribution in [3.8, 4) is 0 Å². The summed E-state index contributed by atoms with van der Waals surface area (Å²) in [5.41, 5.74) is 2.76. The van der Waals surface area contributed by atoms with Gasteiger partial charge in [0, 0.05) is 25.3 Å². The Morgan fingerprint density at radius 1 is 1.32 bits per heavy atom.